The molecule has 0 aliphatic rings. The molecule has 0 saturated carbocycles. The molecule has 3 aromatic rings. The predicted molar refractivity (Wildman–Crippen MR) is 94.6 cm³/mol. The van der Waals surface area contributed by atoms with Crippen LogP contribution < -0.4 is 5.32 Å². The van der Waals surface area contributed by atoms with Crippen molar-refractivity contribution in [1.82, 2.24) is 14.9 Å². The molecule has 1 aromatic heterocycles. The van der Waals surface area contributed by atoms with E-state index in [2.05, 4.69) is 10.3 Å². The first-order valence-corrected chi connectivity index (χ1v) is 8.79. The van der Waals surface area contributed by atoms with Crippen molar-refractivity contribution in [3.63, 3.8) is 0 Å². The maximum absolute atomic E-state index is 13.5. The average molecular weight is 361 g/mol. The molecule has 0 unspecified atom stereocenters. The van der Waals surface area contributed by atoms with E-state index in [9.17, 15) is 13.6 Å². The molecule has 0 atom stereocenters. The second-order valence-electron chi connectivity index (χ2n) is 5.51. The number of rotatable bonds is 6. The third-order valence-corrected chi connectivity index (χ3v) is 4.80. The van der Waals surface area contributed by atoms with Gasteiger partial charge in [0.2, 0.25) is 5.91 Å². The van der Waals surface area contributed by atoms with E-state index >= 15 is 0 Å². The van der Waals surface area contributed by atoms with E-state index in [1.165, 1.54) is 12.1 Å². The molecule has 0 spiro atoms. The minimum Gasteiger partial charge on any atom is -0.354 e. The van der Waals surface area contributed by atoms with Crippen LogP contribution in [0.5, 0.6) is 0 Å². The topological polar surface area (TPSA) is 46.9 Å². The SMILES string of the molecule is Cc1nc2ccccc2n1CCNC(=O)CSc1ccc(F)cc1F. The number of imidazole rings is 1. The Kier molecular flexibility index (Phi) is 5.33. The molecule has 0 bridgehead atoms. The molecule has 3 rings (SSSR count). The van der Waals surface area contributed by atoms with Crippen LogP contribution in [0.2, 0.25) is 0 Å². The number of benzene rings is 2. The molecule has 7 heteroatoms. The number of nitrogens with one attached hydrogen (secondary N) is 1. The van der Waals surface area contributed by atoms with Gasteiger partial charge in [-0.05, 0) is 31.2 Å². The van der Waals surface area contributed by atoms with E-state index < -0.39 is 11.6 Å². The van der Waals surface area contributed by atoms with Crippen LogP contribution in [0.4, 0.5) is 8.78 Å². The van der Waals surface area contributed by atoms with Crippen LogP contribution in [0.1, 0.15) is 5.82 Å². The molecule has 1 N–H and O–H groups in total. The summed E-state index contributed by atoms with van der Waals surface area (Å²) in [6.45, 7) is 2.98. The van der Waals surface area contributed by atoms with Crippen LogP contribution in [0, 0.1) is 18.6 Å². The first-order chi connectivity index (χ1) is 12.0. The van der Waals surface area contributed by atoms with E-state index in [4.69, 9.17) is 0 Å². The van der Waals surface area contributed by atoms with E-state index in [0.717, 1.165) is 34.7 Å². The molecule has 1 amide bonds. The first kappa shape index (κ1) is 17.4. The molecule has 1 heterocycles. The predicted octanol–water partition coefficient (Wildman–Crippen LogP) is 3.53. The fourth-order valence-electron chi connectivity index (χ4n) is 2.57. The van der Waals surface area contributed by atoms with Crippen LogP contribution >= 0.6 is 11.8 Å². The Morgan fingerprint density at radius 1 is 1.24 bits per heavy atom. The largest absolute Gasteiger partial charge is 0.354 e. The number of carbonyl (C=O) groups excluding carboxylic acids is 1. The zero-order valence-corrected chi connectivity index (χ0v) is 14.4. The lowest BCUT2D eigenvalue weighted by Crippen LogP contribution is -2.28. The Balaban J connectivity index is 1.51. The second kappa shape index (κ2) is 7.65. The van der Waals surface area contributed by atoms with Gasteiger partial charge in [0.15, 0.2) is 0 Å². The van der Waals surface area contributed by atoms with Gasteiger partial charge in [-0.25, -0.2) is 13.8 Å². The number of hydrogen-bond donors (Lipinski definition) is 1. The Labute approximate surface area is 148 Å². The van der Waals surface area contributed by atoms with Crippen molar-refractivity contribution in [3.05, 3.63) is 59.9 Å². The number of carbonyl (C=O) groups is 1. The van der Waals surface area contributed by atoms with E-state index in [1.807, 2.05) is 35.8 Å². The molecule has 0 radical (unpaired) electrons. The number of halogens is 2. The molecule has 2 aromatic carbocycles. The maximum atomic E-state index is 13.5. The Bertz CT molecular complexity index is 910. The van der Waals surface area contributed by atoms with Crippen LogP contribution in [-0.4, -0.2) is 27.8 Å². The van der Waals surface area contributed by atoms with Gasteiger partial charge < -0.3 is 9.88 Å². The van der Waals surface area contributed by atoms with Crippen molar-refractivity contribution in [2.24, 2.45) is 0 Å². The normalized spacial score (nSPS) is 11.0. The number of hydrogen-bond acceptors (Lipinski definition) is 3. The molecule has 4 nitrogen and oxygen atoms in total. The minimum absolute atomic E-state index is 0.0756. The summed E-state index contributed by atoms with van der Waals surface area (Å²) in [7, 11) is 0. The Morgan fingerprint density at radius 2 is 2.04 bits per heavy atom. The fraction of sp³-hybridized carbons (Fsp3) is 0.222. The third-order valence-electron chi connectivity index (χ3n) is 3.76. The fourth-order valence-corrected chi connectivity index (χ4v) is 3.32. The minimum atomic E-state index is -0.654. The number of amides is 1. The highest BCUT2D eigenvalue weighted by atomic mass is 32.2. The molecule has 0 aliphatic heterocycles. The number of para-hydroxylation sites is 2. The lowest BCUT2D eigenvalue weighted by Gasteiger charge is -2.09. The smallest absolute Gasteiger partial charge is 0.230 e. The lowest BCUT2D eigenvalue weighted by atomic mass is 10.3. The van der Waals surface area contributed by atoms with Crippen LogP contribution in [0.15, 0.2) is 47.4 Å². The van der Waals surface area contributed by atoms with Gasteiger partial charge in [-0.3, -0.25) is 4.79 Å². The van der Waals surface area contributed by atoms with Crippen molar-refractivity contribution in [2.45, 2.75) is 18.4 Å². The zero-order chi connectivity index (χ0) is 17.8. The van der Waals surface area contributed by atoms with Gasteiger partial charge in [0.1, 0.15) is 17.5 Å². The average Bonchev–Trinajstić information content (AvgIpc) is 2.90. The summed E-state index contributed by atoms with van der Waals surface area (Å²) in [5, 5.41) is 2.81. The third kappa shape index (κ3) is 4.17. The number of nitrogens with zero attached hydrogens (tertiary/aromatic N) is 2. The van der Waals surface area contributed by atoms with Crippen molar-refractivity contribution in [1.29, 1.82) is 0 Å². The molecule has 0 saturated heterocycles. The number of thioether (sulfide) groups is 1. The van der Waals surface area contributed by atoms with Gasteiger partial charge >= 0.3 is 0 Å². The molecule has 25 heavy (non-hydrogen) atoms. The van der Waals surface area contributed by atoms with Gasteiger partial charge in [0.25, 0.3) is 0 Å². The van der Waals surface area contributed by atoms with Gasteiger partial charge in [-0.2, -0.15) is 0 Å². The first-order valence-electron chi connectivity index (χ1n) is 7.81. The monoisotopic (exact) mass is 361 g/mol. The molecule has 130 valence electrons. The summed E-state index contributed by atoms with van der Waals surface area (Å²) in [6.07, 6.45) is 0. The number of fused-ring (bicyclic) bond motifs is 1. The maximum Gasteiger partial charge on any atom is 0.230 e. The summed E-state index contributed by atoms with van der Waals surface area (Å²) in [5.41, 5.74) is 1.95. The van der Waals surface area contributed by atoms with Crippen molar-refractivity contribution < 1.29 is 13.6 Å². The highest BCUT2D eigenvalue weighted by molar-refractivity contribution is 8.00. The summed E-state index contributed by atoms with van der Waals surface area (Å²) < 4.78 is 28.4. The van der Waals surface area contributed by atoms with Crippen LogP contribution in [0.3, 0.4) is 0 Å². The van der Waals surface area contributed by atoms with Crippen molar-refractivity contribution >= 4 is 28.7 Å². The second-order valence-corrected chi connectivity index (χ2v) is 6.53. The van der Waals surface area contributed by atoms with Gasteiger partial charge in [0, 0.05) is 24.1 Å². The van der Waals surface area contributed by atoms with Crippen molar-refractivity contribution in [2.75, 3.05) is 12.3 Å². The standard InChI is InChI=1S/C18H17F2N3OS/c1-12-22-15-4-2-3-5-16(15)23(12)9-8-21-18(24)11-25-17-7-6-13(19)10-14(17)20/h2-7,10H,8-9,11H2,1H3,(H,21,24). The summed E-state index contributed by atoms with van der Waals surface area (Å²) >= 11 is 1.04. The van der Waals surface area contributed by atoms with E-state index in [0.29, 0.717) is 13.1 Å². The highest BCUT2D eigenvalue weighted by Gasteiger charge is 2.09. The molecule has 0 aliphatic carbocycles. The Hall–Kier alpha value is -2.41. The lowest BCUT2D eigenvalue weighted by molar-refractivity contribution is -0.118. The van der Waals surface area contributed by atoms with Crippen LogP contribution in [-0.2, 0) is 11.3 Å². The summed E-state index contributed by atoms with van der Waals surface area (Å²) in [6, 6.07) is 11.2. The van der Waals surface area contributed by atoms with E-state index in [-0.39, 0.29) is 16.6 Å². The van der Waals surface area contributed by atoms with Crippen molar-refractivity contribution in [3.8, 4) is 0 Å². The number of aromatic nitrogens is 2. The van der Waals surface area contributed by atoms with E-state index in [1.54, 1.807) is 0 Å². The number of aryl methyl sites for hydroxylation is 1. The molecular weight excluding hydrogens is 344 g/mol. The summed E-state index contributed by atoms with van der Waals surface area (Å²) in [4.78, 5) is 16.7. The molecular formula is C18H17F2N3OS. The zero-order valence-electron chi connectivity index (χ0n) is 13.6. The Morgan fingerprint density at radius 3 is 2.84 bits per heavy atom. The van der Waals surface area contributed by atoms with Gasteiger partial charge in [-0.15, -0.1) is 11.8 Å². The van der Waals surface area contributed by atoms with Crippen LogP contribution in [0.25, 0.3) is 11.0 Å². The molecule has 0 fully saturated rings. The van der Waals surface area contributed by atoms with Gasteiger partial charge in [0.05, 0.1) is 16.8 Å². The quantitative estimate of drug-likeness (QED) is 0.683. The summed E-state index contributed by atoms with van der Waals surface area (Å²) in [5.74, 6) is -0.520. The highest BCUT2D eigenvalue weighted by Crippen LogP contribution is 2.22. The van der Waals surface area contributed by atoms with Gasteiger partial charge in [-0.1, -0.05) is 12.1 Å².